The minimum absolute atomic E-state index is 0.356. The van der Waals surface area contributed by atoms with E-state index < -0.39 is 0 Å². The third kappa shape index (κ3) is 5.85. The number of aryl methyl sites for hydroxylation is 1. The predicted octanol–water partition coefficient (Wildman–Crippen LogP) is 4.71. The fourth-order valence-electron chi connectivity index (χ4n) is 3.91. The van der Waals surface area contributed by atoms with Gasteiger partial charge in [0.1, 0.15) is 6.07 Å². The van der Waals surface area contributed by atoms with E-state index in [0.717, 1.165) is 40.5 Å². The van der Waals surface area contributed by atoms with Crippen LogP contribution in [-0.4, -0.2) is 33.1 Å². The number of nitriles is 1. The van der Waals surface area contributed by atoms with Gasteiger partial charge in [0.05, 0.1) is 28.7 Å². The molecule has 3 aromatic heterocycles. The van der Waals surface area contributed by atoms with Crippen molar-refractivity contribution in [2.75, 3.05) is 5.32 Å². The molecule has 3 heterocycles. The number of pyridine rings is 1. The molecule has 7 nitrogen and oxygen atoms in total. The van der Waals surface area contributed by atoms with Gasteiger partial charge in [0.2, 0.25) is 6.41 Å². The largest absolute Gasteiger partial charge is 0.383 e. The number of hydrogen-bond acceptors (Lipinski definition) is 5. The predicted molar refractivity (Wildman–Crippen MR) is 127 cm³/mol. The van der Waals surface area contributed by atoms with Gasteiger partial charge in [-0.25, -0.2) is 4.52 Å². The molecule has 1 amide bonds. The maximum atomic E-state index is 10.0. The number of rotatable bonds is 5. The molecule has 1 fully saturated rings. The van der Waals surface area contributed by atoms with E-state index in [0.29, 0.717) is 17.6 Å². The van der Waals surface area contributed by atoms with Crippen LogP contribution in [0.1, 0.15) is 57.6 Å². The number of aromatic nitrogens is 3. The molecule has 1 aliphatic rings. The Balaban J connectivity index is 0.000000243. The summed E-state index contributed by atoms with van der Waals surface area (Å²) in [6, 6.07) is 10.7. The molecule has 0 spiro atoms. The Morgan fingerprint density at radius 2 is 1.94 bits per heavy atom. The van der Waals surface area contributed by atoms with Crippen LogP contribution in [0.25, 0.3) is 16.9 Å². The van der Waals surface area contributed by atoms with Crippen LogP contribution in [-0.2, 0) is 4.79 Å². The van der Waals surface area contributed by atoms with Gasteiger partial charge in [0.15, 0.2) is 0 Å². The Morgan fingerprint density at radius 1 is 1.19 bits per heavy atom. The van der Waals surface area contributed by atoms with Gasteiger partial charge in [-0.15, -0.1) is 0 Å². The summed E-state index contributed by atoms with van der Waals surface area (Å²) in [5.41, 5.74) is 5.38. The molecular weight excluding hydrogens is 400 g/mol. The van der Waals surface area contributed by atoms with Gasteiger partial charge in [0.25, 0.3) is 0 Å². The van der Waals surface area contributed by atoms with Crippen LogP contribution in [0, 0.1) is 24.2 Å². The normalized spacial score (nSPS) is 17.9. The molecule has 0 aliphatic heterocycles. The van der Waals surface area contributed by atoms with Gasteiger partial charge in [0, 0.05) is 24.0 Å². The van der Waals surface area contributed by atoms with Crippen LogP contribution >= 0.6 is 0 Å². The number of nitrogens with zero attached hydrogens (tertiary/aromatic N) is 4. The monoisotopic (exact) mass is 432 g/mol. The number of nitrogens with one attached hydrogen (secondary N) is 2. The SMILES string of the molecule is CC1CCC(NC=O)CC1.Cc1cnc(-c2ccc3cc(C#N)cnn23)cc1NC(C)C. The maximum Gasteiger partial charge on any atom is 0.207 e. The van der Waals surface area contributed by atoms with Crippen molar-refractivity contribution in [3.63, 3.8) is 0 Å². The van der Waals surface area contributed by atoms with Gasteiger partial charge >= 0.3 is 0 Å². The average Bonchev–Trinajstić information content (AvgIpc) is 3.20. The summed E-state index contributed by atoms with van der Waals surface area (Å²) in [5.74, 6) is 0.865. The second kappa shape index (κ2) is 10.8. The minimum atomic E-state index is 0.356. The topological polar surface area (TPSA) is 95.1 Å². The highest BCUT2D eigenvalue weighted by Gasteiger charge is 2.16. The zero-order chi connectivity index (χ0) is 23.1. The van der Waals surface area contributed by atoms with Crippen LogP contribution < -0.4 is 10.6 Å². The molecule has 0 atom stereocenters. The lowest BCUT2D eigenvalue weighted by molar-refractivity contribution is -0.110. The van der Waals surface area contributed by atoms with Crippen LogP contribution in [0.5, 0.6) is 0 Å². The molecule has 1 aliphatic carbocycles. The number of anilines is 1. The summed E-state index contributed by atoms with van der Waals surface area (Å²) in [7, 11) is 0. The van der Waals surface area contributed by atoms with E-state index >= 15 is 0 Å². The molecule has 0 aromatic carbocycles. The second-order valence-corrected chi connectivity index (χ2v) is 8.84. The molecule has 0 saturated heterocycles. The minimum Gasteiger partial charge on any atom is -0.383 e. The number of hydrogen-bond donors (Lipinski definition) is 2. The van der Waals surface area contributed by atoms with Crippen molar-refractivity contribution in [2.45, 2.75) is 65.5 Å². The summed E-state index contributed by atoms with van der Waals surface area (Å²) in [5, 5.41) is 19.5. The van der Waals surface area contributed by atoms with E-state index in [1.54, 1.807) is 10.7 Å². The van der Waals surface area contributed by atoms with E-state index in [1.807, 2.05) is 37.4 Å². The lowest BCUT2D eigenvalue weighted by Gasteiger charge is -2.25. The third-order valence-electron chi connectivity index (χ3n) is 5.76. The fourth-order valence-corrected chi connectivity index (χ4v) is 3.91. The first kappa shape index (κ1) is 23.3. The average molecular weight is 433 g/mol. The summed E-state index contributed by atoms with van der Waals surface area (Å²) in [6.07, 6.45) is 9.12. The van der Waals surface area contributed by atoms with Crippen molar-refractivity contribution in [3.8, 4) is 17.5 Å². The molecule has 0 radical (unpaired) electrons. The number of amides is 1. The number of fused-ring (bicyclic) bond motifs is 1. The zero-order valence-corrected chi connectivity index (χ0v) is 19.3. The van der Waals surface area contributed by atoms with E-state index in [9.17, 15) is 4.79 Å². The van der Waals surface area contributed by atoms with E-state index in [4.69, 9.17) is 5.26 Å². The van der Waals surface area contributed by atoms with Crippen LogP contribution in [0.4, 0.5) is 5.69 Å². The second-order valence-electron chi connectivity index (χ2n) is 8.84. The summed E-state index contributed by atoms with van der Waals surface area (Å²) in [6.45, 7) is 8.53. The summed E-state index contributed by atoms with van der Waals surface area (Å²) in [4.78, 5) is 14.6. The van der Waals surface area contributed by atoms with Gasteiger partial charge < -0.3 is 10.6 Å². The molecule has 7 heteroatoms. The Hall–Kier alpha value is -3.40. The highest BCUT2D eigenvalue weighted by Crippen LogP contribution is 2.25. The molecule has 2 N–H and O–H groups in total. The Labute approximate surface area is 189 Å². The molecule has 3 aromatic rings. The maximum absolute atomic E-state index is 10.0. The van der Waals surface area contributed by atoms with Crippen molar-refractivity contribution in [3.05, 3.63) is 47.8 Å². The Morgan fingerprint density at radius 3 is 2.59 bits per heavy atom. The molecule has 0 unspecified atom stereocenters. The molecule has 168 valence electrons. The van der Waals surface area contributed by atoms with Crippen molar-refractivity contribution in [2.24, 2.45) is 5.92 Å². The third-order valence-corrected chi connectivity index (χ3v) is 5.76. The number of carbonyl (C=O) groups is 1. The summed E-state index contributed by atoms with van der Waals surface area (Å²) >= 11 is 0. The van der Waals surface area contributed by atoms with Gasteiger partial charge in [-0.05, 0) is 82.2 Å². The molecule has 32 heavy (non-hydrogen) atoms. The summed E-state index contributed by atoms with van der Waals surface area (Å²) < 4.78 is 1.80. The van der Waals surface area contributed by atoms with Crippen molar-refractivity contribution >= 4 is 17.6 Å². The highest BCUT2D eigenvalue weighted by molar-refractivity contribution is 5.68. The van der Waals surface area contributed by atoms with Crippen molar-refractivity contribution in [1.29, 1.82) is 5.26 Å². The van der Waals surface area contributed by atoms with E-state index in [-0.39, 0.29) is 0 Å². The zero-order valence-electron chi connectivity index (χ0n) is 19.3. The van der Waals surface area contributed by atoms with Gasteiger partial charge in [-0.1, -0.05) is 6.92 Å². The Kier molecular flexibility index (Phi) is 7.82. The van der Waals surface area contributed by atoms with Crippen LogP contribution in [0.15, 0.2) is 36.7 Å². The first-order valence-electron chi connectivity index (χ1n) is 11.2. The first-order chi connectivity index (χ1) is 15.4. The fraction of sp³-hybridized carbons (Fsp3) is 0.440. The van der Waals surface area contributed by atoms with Crippen molar-refractivity contribution in [1.82, 2.24) is 19.9 Å². The molecular formula is C25H32N6O. The molecule has 4 rings (SSSR count). The molecule has 0 bridgehead atoms. The Bertz CT molecular complexity index is 1090. The highest BCUT2D eigenvalue weighted by atomic mass is 16.1. The lowest BCUT2D eigenvalue weighted by atomic mass is 9.87. The standard InChI is InChI=1S/C17H17N5.C8H15NO/c1-11(2)21-15-7-16(19-9-12(15)3)17-5-4-14-6-13(8-18)10-20-22(14)17;1-7-2-4-8(5-3-7)9-6-10/h4-7,9-11H,1-3H3,(H,19,21);6-8H,2-5H2,1H3,(H,9,10). The van der Waals surface area contributed by atoms with Gasteiger partial charge in [-0.2, -0.15) is 10.4 Å². The lowest BCUT2D eigenvalue weighted by Crippen LogP contribution is -2.31. The van der Waals surface area contributed by atoms with Crippen molar-refractivity contribution < 1.29 is 4.79 Å². The smallest absolute Gasteiger partial charge is 0.207 e. The first-order valence-corrected chi connectivity index (χ1v) is 11.2. The van der Waals surface area contributed by atoms with Crippen LogP contribution in [0.3, 0.4) is 0 Å². The molecule has 1 saturated carbocycles. The van der Waals surface area contributed by atoms with E-state index in [2.05, 4.69) is 47.6 Å². The number of carbonyl (C=O) groups excluding carboxylic acids is 1. The van der Waals surface area contributed by atoms with Gasteiger partial charge in [-0.3, -0.25) is 9.78 Å². The van der Waals surface area contributed by atoms with Crippen LogP contribution in [0.2, 0.25) is 0 Å². The quantitative estimate of drug-likeness (QED) is 0.570. The van der Waals surface area contributed by atoms with E-state index in [1.165, 1.54) is 25.7 Å².